The zero-order chi connectivity index (χ0) is 15.3. The Labute approximate surface area is 129 Å². The molecule has 0 N–H and O–H groups in total. The minimum absolute atomic E-state index is 0.0785. The highest BCUT2D eigenvalue weighted by atomic mass is 32.2. The van der Waals surface area contributed by atoms with Gasteiger partial charge in [0.25, 0.3) is 0 Å². The summed E-state index contributed by atoms with van der Waals surface area (Å²) in [6.45, 7) is 3.37. The van der Waals surface area contributed by atoms with Gasteiger partial charge in [-0.1, -0.05) is 31.5 Å². The fraction of sp³-hybridized carbons (Fsp3) is 0.500. The molecule has 0 aliphatic carbocycles. The first kappa shape index (κ1) is 18.0. The van der Waals surface area contributed by atoms with Crippen molar-refractivity contribution in [3.63, 3.8) is 0 Å². The third-order valence-electron chi connectivity index (χ3n) is 2.76. The van der Waals surface area contributed by atoms with Gasteiger partial charge in [-0.15, -0.1) is 0 Å². The van der Waals surface area contributed by atoms with Gasteiger partial charge in [0.1, 0.15) is 6.79 Å². The van der Waals surface area contributed by atoms with Crippen molar-refractivity contribution in [2.75, 3.05) is 27.1 Å². The van der Waals surface area contributed by atoms with Crippen molar-refractivity contribution in [2.24, 2.45) is 0 Å². The number of hydrogen-bond donors (Lipinski definition) is 0. The Morgan fingerprint density at radius 2 is 2.00 bits per heavy atom. The highest BCUT2D eigenvalue weighted by molar-refractivity contribution is 7.88. The Kier molecular flexibility index (Phi) is 9.99. The summed E-state index contributed by atoms with van der Waals surface area (Å²) in [5, 5.41) is 1.69. The summed E-state index contributed by atoms with van der Waals surface area (Å²) in [6, 6.07) is 9.37. The van der Waals surface area contributed by atoms with Crippen molar-refractivity contribution in [1.82, 2.24) is 0 Å². The molecule has 118 valence electrons. The van der Waals surface area contributed by atoms with Crippen LogP contribution in [0.4, 0.5) is 0 Å². The van der Waals surface area contributed by atoms with E-state index in [1.165, 1.54) is 0 Å². The smallest absolute Gasteiger partial charge is 0.147 e. The van der Waals surface area contributed by atoms with Crippen LogP contribution in [0, 0.1) is 0 Å². The number of benzene rings is 1. The second-order valence-electron chi connectivity index (χ2n) is 4.45. The second-order valence-corrected chi connectivity index (χ2v) is 5.79. The first-order valence-electron chi connectivity index (χ1n) is 7.10. The third kappa shape index (κ3) is 8.12. The summed E-state index contributed by atoms with van der Waals surface area (Å²) in [6.07, 6.45) is 3.64. The van der Waals surface area contributed by atoms with Crippen LogP contribution in [0.3, 0.4) is 0 Å². The molecule has 0 radical (unpaired) electrons. The molecule has 0 fully saturated rings. The monoisotopic (exact) mass is 312 g/mol. The van der Waals surface area contributed by atoms with E-state index in [0.717, 1.165) is 17.7 Å². The molecule has 0 amide bonds. The Balaban J connectivity index is 2.41. The number of hydrogen-bond acceptors (Lipinski definition) is 4. The van der Waals surface area contributed by atoms with Crippen molar-refractivity contribution in [1.29, 1.82) is 0 Å². The van der Waals surface area contributed by atoms with Crippen molar-refractivity contribution >= 4 is 10.8 Å². The number of ether oxygens (including phenoxy) is 3. The Bertz CT molecular complexity index is 420. The molecule has 0 bridgehead atoms. The third-order valence-corrected chi connectivity index (χ3v) is 3.90. The maximum atomic E-state index is 12.1. The molecular weight excluding hydrogens is 288 g/mol. The van der Waals surface area contributed by atoms with Gasteiger partial charge in [-0.05, 0) is 24.6 Å². The lowest BCUT2D eigenvalue weighted by Crippen LogP contribution is -2.14. The van der Waals surface area contributed by atoms with E-state index in [2.05, 4.69) is 6.92 Å². The summed E-state index contributed by atoms with van der Waals surface area (Å²) in [7, 11) is 0.491. The molecule has 1 rings (SSSR count). The minimum Gasteiger partial charge on any atom is -0.382 e. The quantitative estimate of drug-likeness (QED) is 0.465. The van der Waals surface area contributed by atoms with Gasteiger partial charge >= 0.3 is 0 Å². The fourth-order valence-corrected chi connectivity index (χ4v) is 2.55. The number of methoxy groups -OCH3 is 1. The SMILES string of the molecule is CCC[C@H](/C=C/S(=O)c1ccccc1)OCOCCOC. The lowest BCUT2D eigenvalue weighted by atomic mass is 10.2. The predicted molar refractivity (Wildman–Crippen MR) is 84.5 cm³/mol. The Morgan fingerprint density at radius 3 is 2.67 bits per heavy atom. The summed E-state index contributed by atoms with van der Waals surface area (Å²) in [4.78, 5) is 0.792. The van der Waals surface area contributed by atoms with Crippen LogP contribution in [0.25, 0.3) is 0 Å². The van der Waals surface area contributed by atoms with E-state index in [0.29, 0.717) is 13.2 Å². The van der Waals surface area contributed by atoms with Gasteiger partial charge in [0.05, 0.1) is 30.1 Å². The first-order valence-corrected chi connectivity index (χ1v) is 8.31. The molecule has 0 heterocycles. The van der Waals surface area contributed by atoms with Crippen LogP contribution in [-0.4, -0.2) is 37.4 Å². The molecule has 0 saturated heterocycles. The second kappa shape index (κ2) is 11.6. The molecule has 1 aromatic carbocycles. The molecule has 4 nitrogen and oxygen atoms in total. The van der Waals surface area contributed by atoms with Crippen LogP contribution in [0.2, 0.25) is 0 Å². The van der Waals surface area contributed by atoms with E-state index in [4.69, 9.17) is 14.2 Å². The van der Waals surface area contributed by atoms with E-state index in [9.17, 15) is 4.21 Å². The summed E-state index contributed by atoms with van der Waals surface area (Å²) in [5.41, 5.74) is 0. The molecule has 0 aliphatic rings. The highest BCUT2D eigenvalue weighted by Crippen LogP contribution is 2.10. The standard InChI is InChI=1S/C16H24O4S/c1-3-7-15(20-14-19-12-11-18-2)10-13-21(17)16-8-5-4-6-9-16/h4-6,8-10,13,15H,3,7,11-12,14H2,1-2H3/b13-10+/t15-,21?/m1/s1. The van der Waals surface area contributed by atoms with Gasteiger partial charge in [0, 0.05) is 17.4 Å². The van der Waals surface area contributed by atoms with Crippen LogP contribution in [0.1, 0.15) is 19.8 Å². The molecule has 0 spiro atoms. The maximum Gasteiger partial charge on any atom is 0.147 e. The minimum atomic E-state index is -1.14. The van der Waals surface area contributed by atoms with Gasteiger partial charge in [-0.2, -0.15) is 0 Å². The summed E-state index contributed by atoms with van der Waals surface area (Å²) in [5.74, 6) is 0. The first-order chi connectivity index (χ1) is 10.3. The Hall–Kier alpha value is -1.01. The molecule has 0 aromatic heterocycles. The Morgan fingerprint density at radius 1 is 1.24 bits per heavy atom. The number of rotatable bonds is 11. The van der Waals surface area contributed by atoms with Crippen LogP contribution in [0.5, 0.6) is 0 Å². The van der Waals surface area contributed by atoms with E-state index < -0.39 is 10.8 Å². The van der Waals surface area contributed by atoms with Gasteiger partial charge in [-0.3, -0.25) is 0 Å². The predicted octanol–water partition coefficient (Wildman–Crippen LogP) is 3.11. The van der Waals surface area contributed by atoms with Crippen LogP contribution >= 0.6 is 0 Å². The zero-order valence-corrected chi connectivity index (χ0v) is 13.5. The van der Waals surface area contributed by atoms with E-state index in [-0.39, 0.29) is 12.9 Å². The molecule has 1 unspecified atom stereocenters. The topological polar surface area (TPSA) is 44.8 Å². The van der Waals surface area contributed by atoms with Crippen LogP contribution in [-0.2, 0) is 25.0 Å². The lowest BCUT2D eigenvalue weighted by molar-refractivity contribution is -0.0863. The molecular formula is C16H24O4S. The molecule has 0 aliphatic heterocycles. The molecule has 5 heteroatoms. The lowest BCUT2D eigenvalue weighted by Gasteiger charge is -2.13. The highest BCUT2D eigenvalue weighted by Gasteiger charge is 2.05. The summed E-state index contributed by atoms with van der Waals surface area (Å²) < 4.78 is 27.9. The zero-order valence-electron chi connectivity index (χ0n) is 12.7. The average Bonchev–Trinajstić information content (AvgIpc) is 2.52. The molecule has 2 atom stereocenters. The normalized spacial score (nSPS) is 14.4. The van der Waals surface area contributed by atoms with Crippen molar-refractivity contribution < 1.29 is 18.4 Å². The molecule has 1 aromatic rings. The van der Waals surface area contributed by atoms with Crippen molar-refractivity contribution in [3.8, 4) is 0 Å². The maximum absolute atomic E-state index is 12.1. The molecule has 21 heavy (non-hydrogen) atoms. The van der Waals surface area contributed by atoms with Crippen molar-refractivity contribution in [3.05, 3.63) is 41.8 Å². The van der Waals surface area contributed by atoms with E-state index in [1.807, 2.05) is 36.4 Å². The van der Waals surface area contributed by atoms with Gasteiger partial charge in [-0.25, -0.2) is 4.21 Å². The van der Waals surface area contributed by atoms with Crippen molar-refractivity contribution in [2.45, 2.75) is 30.8 Å². The van der Waals surface area contributed by atoms with Crippen LogP contribution < -0.4 is 0 Å². The van der Waals surface area contributed by atoms with E-state index in [1.54, 1.807) is 12.5 Å². The van der Waals surface area contributed by atoms with E-state index >= 15 is 0 Å². The van der Waals surface area contributed by atoms with Crippen LogP contribution in [0.15, 0.2) is 46.7 Å². The summed E-state index contributed by atoms with van der Waals surface area (Å²) >= 11 is 0. The molecule has 0 saturated carbocycles. The van der Waals surface area contributed by atoms with Gasteiger partial charge in [0.15, 0.2) is 0 Å². The van der Waals surface area contributed by atoms with Gasteiger partial charge < -0.3 is 14.2 Å². The van der Waals surface area contributed by atoms with Gasteiger partial charge in [0.2, 0.25) is 0 Å². The largest absolute Gasteiger partial charge is 0.382 e. The average molecular weight is 312 g/mol. The fourth-order valence-electron chi connectivity index (χ4n) is 1.65.